The van der Waals surface area contributed by atoms with Crippen LogP contribution in [0.5, 0.6) is 0 Å². The topological polar surface area (TPSA) is 98.0 Å². The monoisotopic (exact) mass is 292 g/mol. The van der Waals surface area contributed by atoms with Gasteiger partial charge in [0, 0.05) is 23.9 Å². The van der Waals surface area contributed by atoms with Crippen LogP contribution < -0.4 is 10.5 Å². The van der Waals surface area contributed by atoms with E-state index in [1.807, 2.05) is 6.92 Å². The molecule has 1 aromatic heterocycles. The Balaban J connectivity index is 2.33. The van der Waals surface area contributed by atoms with Gasteiger partial charge in [-0.2, -0.15) is 0 Å². The van der Waals surface area contributed by atoms with Gasteiger partial charge in [0.2, 0.25) is 0 Å². The predicted molar refractivity (Wildman–Crippen MR) is 77.8 cm³/mol. The van der Waals surface area contributed by atoms with Crippen molar-refractivity contribution in [2.75, 3.05) is 10.5 Å². The van der Waals surface area contributed by atoms with E-state index in [0.717, 1.165) is 0 Å². The molecule has 1 heterocycles. The summed E-state index contributed by atoms with van der Waals surface area (Å²) in [6.07, 6.45) is 0.637. The third-order valence-electron chi connectivity index (χ3n) is 2.65. The number of anilines is 2. The molecule has 2 rings (SSSR count). The molecule has 0 radical (unpaired) electrons. The summed E-state index contributed by atoms with van der Waals surface area (Å²) in [5.74, 6) is 0.867. The first-order valence-corrected chi connectivity index (χ1v) is 7.62. The minimum absolute atomic E-state index is 0.140. The number of hydrogen-bond donors (Lipinski definition) is 2. The van der Waals surface area contributed by atoms with E-state index in [-0.39, 0.29) is 10.7 Å². The molecular formula is C13H16N4O2S. The Morgan fingerprint density at radius 2 is 1.85 bits per heavy atom. The lowest BCUT2D eigenvalue weighted by Gasteiger charge is -2.09. The summed E-state index contributed by atoms with van der Waals surface area (Å²) in [5.41, 5.74) is 6.77. The Hall–Kier alpha value is -2.15. The van der Waals surface area contributed by atoms with Gasteiger partial charge >= 0.3 is 0 Å². The van der Waals surface area contributed by atoms with Gasteiger partial charge in [-0.25, -0.2) is 18.4 Å². The maximum absolute atomic E-state index is 12.2. The van der Waals surface area contributed by atoms with Crippen LogP contribution in [-0.2, 0) is 16.4 Å². The number of aromatic nitrogens is 2. The number of rotatable bonds is 4. The van der Waals surface area contributed by atoms with Gasteiger partial charge in [-0.3, -0.25) is 4.72 Å². The van der Waals surface area contributed by atoms with Crippen molar-refractivity contribution in [3.8, 4) is 0 Å². The van der Waals surface area contributed by atoms with Crippen LogP contribution in [0.2, 0.25) is 0 Å². The first kappa shape index (κ1) is 14.3. The van der Waals surface area contributed by atoms with Crippen molar-refractivity contribution in [2.45, 2.75) is 25.2 Å². The summed E-state index contributed by atoms with van der Waals surface area (Å²) in [5, 5.41) is 0. The van der Waals surface area contributed by atoms with E-state index in [1.165, 1.54) is 24.3 Å². The Bertz CT molecular complexity index is 712. The summed E-state index contributed by atoms with van der Waals surface area (Å²) in [4.78, 5) is 8.50. The Labute approximate surface area is 118 Å². The Morgan fingerprint density at radius 1 is 1.20 bits per heavy atom. The maximum Gasteiger partial charge on any atom is 0.263 e. The molecule has 6 nitrogen and oxygen atoms in total. The maximum atomic E-state index is 12.2. The zero-order valence-corrected chi connectivity index (χ0v) is 12.1. The van der Waals surface area contributed by atoms with E-state index in [1.54, 1.807) is 13.0 Å². The Kier molecular flexibility index (Phi) is 3.89. The van der Waals surface area contributed by atoms with E-state index in [0.29, 0.717) is 23.6 Å². The summed E-state index contributed by atoms with van der Waals surface area (Å²) in [6, 6.07) is 7.57. The standard InChI is InChI=1S/C13H16N4O2S/c1-3-12-15-9(2)8-13(16-12)17-20(18,19)11-6-4-10(14)5-7-11/h4-8H,3,14H2,1-2H3,(H,15,16,17). The smallest absolute Gasteiger partial charge is 0.263 e. The average molecular weight is 292 g/mol. The number of sulfonamides is 1. The van der Waals surface area contributed by atoms with Crippen molar-refractivity contribution in [2.24, 2.45) is 0 Å². The summed E-state index contributed by atoms with van der Waals surface area (Å²) >= 11 is 0. The zero-order chi connectivity index (χ0) is 14.8. The number of nitrogens with zero attached hydrogens (tertiary/aromatic N) is 2. The molecule has 3 N–H and O–H groups in total. The van der Waals surface area contributed by atoms with Gasteiger partial charge in [0.15, 0.2) is 0 Å². The van der Waals surface area contributed by atoms with Gasteiger partial charge in [-0.1, -0.05) is 6.92 Å². The van der Waals surface area contributed by atoms with Crippen LogP contribution in [0.1, 0.15) is 18.4 Å². The van der Waals surface area contributed by atoms with Crippen molar-refractivity contribution in [1.82, 2.24) is 9.97 Å². The SMILES string of the molecule is CCc1nc(C)cc(NS(=O)(=O)c2ccc(N)cc2)n1. The highest BCUT2D eigenvalue weighted by Crippen LogP contribution is 2.16. The number of hydrogen-bond acceptors (Lipinski definition) is 5. The molecule has 0 saturated carbocycles. The van der Waals surface area contributed by atoms with Gasteiger partial charge in [-0.15, -0.1) is 0 Å². The van der Waals surface area contributed by atoms with Crippen molar-refractivity contribution < 1.29 is 8.42 Å². The fourth-order valence-electron chi connectivity index (χ4n) is 1.68. The molecule has 0 amide bonds. The molecule has 0 saturated heterocycles. The molecule has 0 bridgehead atoms. The van der Waals surface area contributed by atoms with E-state index in [9.17, 15) is 8.42 Å². The largest absolute Gasteiger partial charge is 0.399 e. The molecule has 0 aliphatic rings. The van der Waals surface area contributed by atoms with Crippen molar-refractivity contribution in [1.29, 1.82) is 0 Å². The first-order valence-electron chi connectivity index (χ1n) is 6.13. The van der Waals surface area contributed by atoms with Crippen LogP contribution in [0.3, 0.4) is 0 Å². The molecule has 0 unspecified atom stereocenters. The molecule has 0 aliphatic heterocycles. The number of nitrogens with one attached hydrogen (secondary N) is 1. The lowest BCUT2D eigenvalue weighted by molar-refractivity contribution is 0.601. The average Bonchev–Trinajstić information content (AvgIpc) is 2.37. The number of benzene rings is 1. The third-order valence-corrected chi connectivity index (χ3v) is 4.02. The lowest BCUT2D eigenvalue weighted by Crippen LogP contribution is -2.15. The van der Waals surface area contributed by atoms with E-state index < -0.39 is 10.0 Å². The van der Waals surface area contributed by atoms with Gasteiger partial charge in [0.25, 0.3) is 10.0 Å². The molecule has 0 spiro atoms. The van der Waals surface area contributed by atoms with Crippen LogP contribution in [0, 0.1) is 6.92 Å². The van der Waals surface area contributed by atoms with Gasteiger partial charge in [-0.05, 0) is 31.2 Å². The molecule has 2 aromatic rings. The third kappa shape index (κ3) is 3.24. The fourth-order valence-corrected chi connectivity index (χ4v) is 2.68. The van der Waals surface area contributed by atoms with E-state index in [4.69, 9.17) is 5.73 Å². The molecule has 20 heavy (non-hydrogen) atoms. The molecule has 106 valence electrons. The molecule has 1 aromatic carbocycles. The minimum atomic E-state index is -3.67. The number of aryl methyl sites for hydroxylation is 2. The number of nitrogens with two attached hydrogens (primary N) is 1. The summed E-state index contributed by atoms with van der Waals surface area (Å²) in [7, 11) is -3.67. The molecule has 0 atom stereocenters. The lowest BCUT2D eigenvalue weighted by atomic mass is 10.3. The summed E-state index contributed by atoms with van der Waals surface area (Å²) in [6.45, 7) is 3.70. The first-order chi connectivity index (χ1) is 9.40. The molecular weight excluding hydrogens is 276 g/mol. The quantitative estimate of drug-likeness (QED) is 0.836. The predicted octanol–water partition coefficient (Wildman–Crippen LogP) is 1.73. The van der Waals surface area contributed by atoms with Crippen molar-refractivity contribution in [3.05, 3.63) is 41.9 Å². The second-order valence-corrected chi connectivity index (χ2v) is 6.02. The van der Waals surface area contributed by atoms with E-state index >= 15 is 0 Å². The van der Waals surface area contributed by atoms with Crippen LogP contribution in [0.25, 0.3) is 0 Å². The highest BCUT2D eigenvalue weighted by Gasteiger charge is 2.15. The highest BCUT2D eigenvalue weighted by atomic mass is 32.2. The van der Waals surface area contributed by atoms with Gasteiger partial charge in [0.05, 0.1) is 4.90 Å². The molecule has 7 heteroatoms. The van der Waals surface area contributed by atoms with E-state index in [2.05, 4.69) is 14.7 Å². The summed E-state index contributed by atoms with van der Waals surface area (Å²) < 4.78 is 26.9. The molecule has 0 aliphatic carbocycles. The second kappa shape index (κ2) is 5.46. The molecule has 0 fully saturated rings. The second-order valence-electron chi connectivity index (χ2n) is 4.34. The van der Waals surface area contributed by atoms with Crippen molar-refractivity contribution >= 4 is 21.5 Å². The fraction of sp³-hybridized carbons (Fsp3) is 0.231. The van der Waals surface area contributed by atoms with Gasteiger partial charge < -0.3 is 5.73 Å². The van der Waals surface area contributed by atoms with Crippen molar-refractivity contribution in [3.63, 3.8) is 0 Å². The van der Waals surface area contributed by atoms with Crippen LogP contribution in [-0.4, -0.2) is 18.4 Å². The Morgan fingerprint density at radius 3 is 2.45 bits per heavy atom. The van der Waals surface area contributed by atoms with Gasteiger partial charge in [0.1, 0.15) is 11.6 Å². The normalized spacial score (nSPS) is 11.3. The van der Waals surface area contributed by atoms with Crippen LogP contribution >= 0.6 is 0 Å². The highest BCUT2D eigenvalue weighted by molar-refractivity contribution is 7.92. The van der Waals surface area contributed by atoms with Crippen LogP contribution in [0.4, 0.5) is 11.5 Å². The zero-order valence-electron chi connectivity index (χ0n) is 11.3. The minimum Gasteiger partial charge on any atom is -0.399 e. The number of nitrogen functional groups attached to an aromatic ring is 1. The van der Waals surface area contributed by atoms with Crippen LogP contribution in [0.15, 0.2) is 35.2 Å².